The normalized spacial score (nSPS) is 14.7. The van der Waals surface area contributed by atoms with Gasteiger partial charge in [0.2, 0.25) is 0 Å². The molecule has 1 aliphatic heterocycles. The highest BCUT2D eigenvalue weighted by molar-refractivity contribution is 5.79. The number of pyridine rings is 1. The number of aromatic nitrogens is 1. The van der Waals surface area contributed by atoms with Crippen molar-refractivity contribution in [2.45, 2.75) is 12.5 Å². The average Bonchev–Trinajstić information content (AvgIpc) is 3.02. The number of nitrogens with zero attached hydrogens (tertiary/aromatic N) is 1. The SMILES string of the molecule is OC(c1ccc2cccnc2c1)c1cccc2c1NCC2. The lowest BCUT2D eigenvalue weighted by atomic mass is 9.97. The minimum atomic E-state index is -0.628. The number of fused-ring (bicyclic) bond motifs is 2. The molecule has 0 spiro atoms. The van der Waals surface area contributed by atoms with E-state index < -0.39 is 6.10 Å². The summed E-state index contributed by atoms with van der Waals surface area (Å²) in [5.41, 5.74) is 5.11. The van der Waals surface area contributed by atoms with E-state index in [1.165, 1.54) is 5.56 Å². The van der Waals surface area contributed by atoms with Gasteiger partial charge in [0.1, 0.15) is 6.10 Å². The summed E-state index contributed by atoms with van der Waals surface area (Å²) in [6.07, 6.45) is 2.17. The molecule has 104 valence electrons. The molecule has 2 N–H and O–H groups in total. The summed E-state index contributed by atoms with van der Waals surface area (Å²) in [4.78, 5) is 4.36. The van der Waals surface area contributed by atoms with Crippen LogP contribution in [0, 0.1) is 0 Å². The topological polar surface area (TPSA) is 45.2 Å². The predicted octanol–water partition coefficient (Wildman–Crippen LogP) is 3.28. The zero-order valence-electron chi connectivity index (χ0n) is 11.6. The van der Waals surface area contributed by atoms with Crippen LogP contribution in [0.4, 0.5) is 5.69 Å². The minimum Gasteiger partial charge on any atom is -0.384 e. The van der Waals surface area contributed by atoms with E-state index in [2.05, 4.69) is 16.4 Å². The Morgan fingerprint density at radius 1 is 1.10 bits per heavy atom. The minimum absolute atomic E-state index is 0.628. The third-order valence-electron chi connectivity index (χ3n) is 4.12. The number of benzene rings is 2. The lowest BCUT2D eigenvalue weighted by molar-refractivity contribution is 0.221. The number of aliphatic hydroxyl groups is 1. The van der Waals surface area contributed by atoms with Gasteiger partial charge in [0.05, 0.1) is 5.52 Å². The first kappa shape index (κ1) is 12.4. The molecule has 0 saturated carbocycles. The van der Waals surface area contributed by atoms with Gasteiger partial charge >= 0.3 is 0 Å². The summed E-state index contributed by atoms with van der Waals surface area (Å²) in [6, 6.07) is 16.0. The molecule has 0 aliphatic carbocycles. The highest BCUT2D eigenvalue weighted by Crippen LogP contribution is 2.34. The smallest absolute Gasteiger partial charge is 0.106 e. The van der Waals surface area contributed by atoms with Crippen molar-refractivity contribution in [3.63, 3.8) is 0 Å². The largest absolute Gasteiger partial charge is 0.384 e. The molecular weight excluding hydrogens is 260 g/mol. The number of para-hydroxylation sites is 1. The highest BCUT2D eigenvalue weighted by atomic mass is 16.3. The Hall–Kier alpha value is -2.39. The van der Waals surface area contributed by atoms with Crippen molar-refractivity contribution in [1.29, 1.82) is 0 Å². The lowest BCUT2D eigenvalue weighted by Gasteiger charge is -2.16. The lowest BCUT2D eigenvalue weighted by Crippen LogP contribution is -2.04. The van der Waals surface area contributed by atoms with Gasteiger partial charge in [-0.25, -0.2) is 0 Å². The number of anilines is 1. The second-order valence-corrected chi connectivity index (χ2v) is 5.42. The number of hydrogen-bond donors (Lipinski definition) is 2. The molecule has 2 heterocycles. The van der Waals surface area contributed by atoms with Crippen molar-refractivity contribution in [2.24, 2.45) is 0 Å². The molecule has 1 unspecified atom stereocenters. The molecule has 1 aromatic heterocycles. The van der Waals surface area contributed by atoms with Crippen LogP contribution in [0.15, 0.2) is 54.7 Å². The molecule has 1 atom stereocenters. The molecule has 0 fully saturated rings. The summed E-state index contributed by atoms with van der Waals surface area (Å²) in [6.45, 7) is 0.943. The van der Waals surface area contributed by atoms with Crippen molar-refractivity contribution in [2.75, 3.05) is 11.9 Å². The van der Waals surface area contributed by atoms with Crippen LogP contribution in [0.3, 0.4) is 0 Å². The highest BCUT2D eigenvalue weighted by Gasteiger charge is 2.20. The first-order chi connectivity index (χ1) is 10.3. The Kier molecular flexibility index (Phi) is 2.86. The van der Waals surface area contributed by atoms with Crippen LogP contribution < -0.4 is 5.32 Å². The second-order valence-electron chi connectivity index (χ2n) is 5.42. The fraction of sp³-hybridized carbons (Fsp3) is 0.167. The summed E-state index contributed by atoms with van der Waals surface area (Å²) in [5.74, 6) is 0. The Morgan fingerprint density at radius 2 is 2.05 bits per heavy atom. The maximum absolute atomic E-state index is 10.7. The fourth-order valence-corrected chi connectivity index (χ4v) is 3.03. The van der Waals surface area contributed by atoms with E-state index in [0.29, 0.717) is 0 Å². The number of aliphatic hydroxyl groups excluding tert-OH is 1. The van der Waals surface area contributed by atoms with Crippen LogP contribution in [-0.2, 0) is 6.42 Å². The second kappa shape index (κ2) is 4.86. The van der Waals surface area contributed by atoms with Crippen molar-refractivity contribution >= 4 is 16.6 Å². The average molecular weight is 276 g/mol. The van der Waals surface area contributed by atoms with Crippen LogP contribution in [0.25, 0.3) is 10.9 Å². The van der Waals surface area contributed by atoms with Crippen molar-refractivity contribution < 1.29 is 5.11 Å². The van der Waals surface area contributed by atoms with Gasteiger partial charge in [0, 0.05) is 29.4 Å². The maximum Gasteiger partial charge on any atom is 0.106 e. The third kappa shape index (κ3) is 2.06. The number of hydrogen-bond acceptors (Lipinski definition) is 3. The van der Waals surface area contributed by atoms with Gasteiger partial charge in [-0.1, -0.05) is 36.4 Å². The predicted molar refractivity (Wildman–Crippen MR) is 84.4 cm³/mol. The summed E-state index contributed by atoms with van der Waals surface area (Å²) in [7, 11) is 0. The summed E-state index contributed by atoms with van der Waals surface area (Å²) < 4.78 is 0. The van der Waals surface area contributed by atoms with E-state index in [4.69, 9.17) is 0 Å². The molecule has 21 heavy (non-hydrogen) atoms. The zero-order chi connectivity index (χ0) is 14.2. The quantitative estimate of drug-likeness (QED) is 0.755. The molecule has 4 rings (SSSR count). The van der Waals surface area contributed by atoms with E-state index >= 15 is 0 Å². The Morgan fingerprint density at radius 3 is 3.00 bits per heavy atom. The molecular formula is C18H16N2O. The van der Waals surface area contributed by atoms with Crippen LogP contribution in [0.1, 0.15) is 22.8 Å². The van der Waals surface area contributed by atoms with Gasteiger partial charge in [0.15, 0.2) is 0 Å². The van der Waals surface area contributed by atoms with Gasteiger partial charge in [-0.2, -0.15) is 0 Å². The number of nitrogens with one attached hydrogen (secondary N) is 1. The van der Waals surface area contributed by atoms with Crippen LogP contribution >= 0.6 is 0 Å². The number of rotatable bonds is 2. The summed E-state index contributed by atoms with van der Waals surface area (Å²) in [5, 5.41) is 15.2. The molecule has 3 heteroatoms. The molecule has 3 aromatic rings. The van der Waals surface area contributed by atoms with E-state index in [0.717, 1.165) is 40.7 Å². The molecule has 0 amide bonds. The van der Waals surface area contributed by atoms with Gasteiger partial charge < -0.3 is 10.4 Å². The fourth-order valence-electron chi connectivity index (χ4n) is 3.03. The van der Waals surface area contributed by atoms with E-state index in [1.54, 1.807) is 6.20 Å². The Labute approximate surface area is 123 Å². The molecule has 3 nitrogen and oxygen atoms in total. The van der Waals surface area contributed by atoms with Gasteiger partial charge in [0.25, 0.3) is 0 Å². The van der Waals surface area contributed by atoms with Gasteiger partial charge in [-0.15, -0.1) is 0 Å². The Bertz CT molecular complexity index is 813. The van der Waals surface area contributed by atoms with Crippen molar-refractivity contribution in [1.82, 2.24) is 4.98 Å². The van der Waals surface area contributed by atoms with Gasteiger partial charge in [-0.05, 0) is 29.7 Å². The van der Waals surface area contributed by atoms with Gasteiger partial charge in [-0.3, -0.25) is 4.98 Å². The van der Waals surface area contributed by atoms with E-state index in [-0.39, 0.29) is 0 Å². The third-order valence-corrected chi connectivity index (χ3v) is 4.12. The standard InChI is InChI=1S/C18H16N2O/c21-18(15-5-1-3-13-8-10-20-17(13)15)14-7-6-12-4-2-9-19-16(12)11-14/h1-7,9,11,18,20-21H,8,10H2. The molecule has 0 saturated heterocycles. The first-order valence-electron chi connectivity index (χ1n) is 7.21. The monoisotopic (exact) mass is 276 g/mol. The van der Waals surface area contributed by atoms with Crippen LogP contribution in [-0.4, -0.2) is 16.6 Å². The molecule has 0 bridgehead atoms. The van der Waals surface area contributed by atoms with Crippen molar-refractivity contribution in [3.8, 4) is 0 Å². The Balaban J connectivity index is 1.80. The molecule has 1 aliphatic rings. The van der Waals surface area contributed by atoms with Crippen LogP contribution in [0.5, 0.6) is 0 Å². The van der Waals surface area contributed by atoms with E-state index in [9.17, 15) is 5.11 Å². The molecule has 2 aromatic carbocycles. The first-order valence-corrected chi connectivity index (χ1v) is 7.21. The van der Waals surface area contributed by atoms with E-state index in [1.807, 2.05) is 42.5 Å². The van der Waals surface area contributed by atoms with Crippen molar-refractivity contribution in [3.05, 3.63) is 71.4 Å². The zero-order valence-corrected chi connectivity index (χ0v) is 11.6. The maximum atomic E-state index is 10.7. The van der Waals surface area contributed by atoms with Crippen LogP contribution in [0.2, 0.25) is 0 Å². The molecule has 0 radical (unpaired) electrons. The summed E-state index contributed by atoms with van der Waals surface area (Å²) >= 11 is 0.